The molecule has 5 heteroatoms. The lowest BCUT2D eigenvalue weighted by Crippen LogP contribution is -2.03. The Hall–Kier alpha value is -0.360. The maximum atomic E-state index is 11.3. The topological polar surface area (TPSA) is 35.5 Å². The van der Waals surface area contributed by atoms with Crippen LogP contribution in [0.25, 0.3) is 0 Å². The zero-order valence-electron chi connectivity index (χ0n) is 5.33. The third-order valence-electron chi connectivity index (χ3n) is 0.995. The SMILES string of the molecule is CP1(=O)OCC(C#CF)O1. The second kappa shape index (κ2) is 2.71. The third-order valence-corrected chi connectivity index (χ3v) is 2.25. The van der Waals surface area contributed by atoms with Crippen molar-refractivity contribution in [3.05, 3.63) is 0 Å². The van der Waals surface area contributed by atoms with Crippen LogP contribution in [0.15, 0.2) is 0 Å². The van der Waals surface area contributed by atoms with Crippen molar-refractivity contribution in [1.29, 1.82) is 0 Å². The lowest BCUT2D eigenvalue weighted by atomic mass is 10.4. The number of halogens is 1. The van der Waals surface area contributed by atoms with E-state index >= 15 is 0 Å². The predicted molar refractivity (Wildman–Crippen MR) is 33.2 cm³/mol. The van der Waals surface area contributed by atoms with Crippen molar-refractivity contribution in [3.8, 4) is 12.1 Å². The summed E-state index contributed by atoms with van der Waals surface area (Å²) in [5, 5.41) is 0. The van der Waals surface area contributed by atoms with Crippen molar-refractivity contribution >= 4 is 7.60 Å². The van der Waals surface area contributed by atoms with Gasteiger partial charge in [0.2, 0.25) is 0 Å². The maximum Gasteiger partial charge on any atom is 0.329 e. The lowest BCUT2D eigenvalue weighted by molar-refractivity contribution is 0.296. The fourth-order valence-corrected chi connectivity index (χ4v) is 1.67. The minimum absolute atomic E-state index is 0.0880. The summed E-state index contributed by atoms with van der Waals surface area (Å²) in [4.78, 5) is 0. The van der Waals surface area contributed by atoms with Crippen molar-refractivity contribution in [2.75, 3.05) is 13.3 Å². The molecule has 0 saturated carbocycles. The van der Waals surface area contributed by atoms with Crippen LogP contribution < -0.4 is 0 Å². The summed E-state index contributed by atoms with van der Waals surface area (Å²) in [5.41, 5.74) is 0. The van der Waals surface area contributed by atoms with Gasteiger partial charge in [-0.05, 0) is 5.92 Å². The van der Waals surface area contributed by atoms with Crippen LogP contribution >= 0.6 is 7.60 Å². The highest BCUT2D eigenvalue weighted by Crippen LogP contribution is 2.49. The van der Waals surface area contributed by atoms with Crippen LogP contribution in [0.3, 0.4) is 0 Å². The van der Waals surface area contributed by atoms with Crippen LogP contribution in [0.4, 0.5) is 4.39 Å². The third kappa shape index (κ3) is 1.81. The highest BCUT2D eigenvalue weighted by atomic mass is 31.2. The van der Waals surface area contributed by atoms with Gasteiger partial charge in [0.05, 0.1) is 6.61 Å². The van der Waals surface area contributed by atoms with Gasteiger partial charge in [-0.25, -0.2) is 0 Å². The van der Waals surface area contributed by atoms with Gasteiger partial charge in [-0.1, -0.05) is 0 Å². The molecule has 0 aromatic heterocycles. The average Bonchev–Trinajstić information content (AvgIpc) is 2.12. The molecule has 1 fully saturated rings. The van der Waals surface area contributed by atoms with E-state index in [2.05, 4.69) is 10.4 Å². The van der Waals surface area contributed by atoms with Gasteiger partial charge >= 0.3 is 7.60 Å². The zero-order chi connectivity index (χ0) is 7.61. The van der Waals surface area contributed by atoms with Gasteiger partial charge in [0.1, 0.15) is 6.17 Å². The Morgan fingerprint density at radius 2 is 2.50 bits per heavy atom. The molecule has 0 N–H and O–H groups in total. The molecular formula is C5H6FO3P. The number of rotatable bonds is 0. The van der Waals surface area contributed by atoms with E-state index in [4.69, 9.17) is 4.52 Å². The second-order valence-electron chi connectivity index (χ2n) is 1.90. The first-order chi connectivity index (χ1) is 4.64. The van der Waals surface area contributed by atoms with E-state index in [1.807, 2.05) is 0 Å². The lowest BCUT2D eigenvalue weighted by Gasteiger charge is -1.99. The standard InChI is InChI=1S/C5H6FO3P/c1-10(7)8-4-5(9-10)2-3-6/h5H,4H2,1H3. The van der Waals surface area contributed by atoms with Crippen LogP contribution in [0.2, 0.25) is 0 Å². The Balaban J connectivity index is 2.57. The maximum absolute atomic E-state index is 11.3. The van der Waals surface area contributed by atoms with E-state index in [9.17, 15) is 8.96 Å². The normalized spacial score (nSPS) is 38.8. The highest BCUT2D eigenvalue weighted by Gasteiger charge is 2.30. The van der Waals surface area contributed by atoms with E-state index < -0.39 is 13.7 Å². The van der Waals surface area contributed by atoms with Crippen LogP contribution in [0, 0.1) is 12.1 Å². The van der Waals surface area contributed by atoms with Crippen molar-refractivity contribution in [1.82, 2.24) is 0 Å². The Bertz CT molecular complexity index is 229. The van der Waals surface area contributed by atoms with E-state index in [-0.39, 0.29) is 6.61 Å². The predicted octanol–water partition coefficient (Wildman–Crippen LogP) is 1.16. The Morgan fingerprint density at radius 1 is 1.80 bits per heavy atom. The van der Waals surface area contributed by atoms with Gasteiger partial charge in [0, 0.05) is 6.66 Å². The first-order valence-corrected chi connectivity index (χ1v) is 4.65. The fourth-order valence-electron chi connectivity index (χ4n) is 0.624. The minimum Gasteiger partial charge on any atom is -0.305 e. The molecule has 1 aliphatic heterocycles. The molecule has 1 saturated heterocycles. The average molecular weight is 164 g/mol. The second-order valence-corrected chi connectivity index (χ2v) is 3.91. The molecule has 0 aromatic rings. The van der Waals surface area contributed by atoms with Crippen LogP contribution in [-0.4, -0.2) is 19.4 Å². The van der Waals surface area contributed by atoms with Crippen molar-refractivity contribution in [2.24, 2.45) is 0 Å². The van der Waals surface area contributed by atoms with Crippen molar-refractivity contribution < 1.29 is 18.0 Å². The van der Waals surface area contributed by atoms with Gasteiger partial charge < -0.3 is 4.52 Å². The van der Waals surface area contributed by atoms with Gasteiger partial charge in [-0.15, -0.1) is 4.39 Å². The fraction of sp³-hybridized carbons (Fsp3) is 0.600. The van der Waals surface area contributed by atoms with Gasteiger partial charge in [-0.2, -0.15) is 0 Å². The van der Waals surface area contributed by atoms with Crippen molar-refractivity contribution in [3.63, 3.8) is 0 Å². The van der Waals surface area contributed by atoms with Gasteiger partial charge in [-0.3, -0.25) is 9.09 Å². The first kappa shape index (κ1) is 7.74. The van der Waals surface area contributed by atoms with Crippen LogP contribution in [-0.2, 0) is 13.6 Å². The summed E-state index contributed by atoms with van der Waals surface area (Å²) in [5.74, 6) is 2.06. The Morgan fingerprint density at radius 3 is 2.90 bits per heavy atom. The molecule has 2 atom stereocenters. The largest absolute Gasteiger partial charge is 0.329 e. The molecule has 2 unspecified atom stereocenters. The zero-order valence-corrected chi connectivity index (χ0v) is 6.23. The van der Waals surface area contributed by atoms with E-state index in [1.54, 1.807) is 0 Å². The molecule has 0 aliphatic carbocycles. The molecule has 1 aliphatic rings. The molecule has 0 radical (unpaired) electrons. The summed E-state index contributed by atoms with van der Waals surface area (Å²) in [6.07, 6.45) is 0.505. The first-order valence-electron chi connectivity index (χ1n) is 2.66. The minimum atomic E-state index is -2.90. The van der Waals surface area contributed by atoms with E-state index in [1.165, 1.54) is 12.8 Å². The summed E-state index contributed by atoms with van der Waals surface area (Å²) < 4.78 is 31.6. The van der Waals surface area contributed by atoms with Gasteiger partial charge in [0.25, 0.3) is 0 Å². The Labute approximate surface area is 58.0 Å². The summed E-state index contributed by atoms with van der Waals surface area (Å²) >= 11 is 0. The highest BCUT2D eigenvalue weighted by molar-refractivity contribution is 7.53. The molecule has 0 amide bonds. The summed E-state index contributed by atoms with van der Waals surface area (Å²) in [6, 6.07) is 0. The molecule has 1 rings (SSSR count). The van der Waals surface area contributed by atoms with Gasteiger partial charge in [0.15, 0.2) is 6.10 Å². The summed E-state index contributed by atoms with van der Waals surface area (Å²) in [6.45, 7) is 1.41. The molecule has 10 heavy (non-hydrogen) atoms. The molecule has 0 bridgehead atoms. The van der Waals surface area contributed by atoms with E-state index in [0.717, 1.165) is 0 Å². The molecule has 1 heterocycles. The van der Waals surface area contributed by atoms with Crippen LogP contribution in [0.5, 0.6) is 0 Å². The quantitative estimate of drug-likeness (QED) is 0.398. The monoisotopic (exact) mass is 164 g/mol. The van der Waals surface area contributed by atoms with Crippen LogP contribution in [0.1, 0.15) is 0 Å². The molecular weight excluding hydrogens is 158 g/mol. The molecule has 3 nitrogen and oxygen atoms in total. The smallest absolute Gasteiger partial charge is 0.305 e. The van der Waals surface area contributed by atoms with Crippen molar-refractivity contribution in [2.45, 2.75) is 6.10 Å². The number of hydrogen-bond acceptors (Lipinski definition) is 3. The summed E-state index contributed by atoms with van der Waals surface area (Å²) in [7, 11) is -2.90. The molecule has 0 spiro atoms. The molecule has 56 valence electrons. The number of hydrogen-bond donors (Lipinski definition) is 0. The Kier molecular flexibility index (Phi) is 2.10. The van der Waals surface area contributed by atoms with E-state index in [0.29, 0.717) is 0 Å². The molecule has 0 aromatic carbocycles.